The summed E-state index contributed by atoms with van der Waals surface area (Å²) in [5.41, 5.74) is 0.628. The van der Waals surface area contributed by atoms with Crippen LogP contribution in [0.3, 0.4) is 0 Å². The van der Waals surface area contributed by atoms with Crippen LogP contribution in [0.1, 0.15) is 16.8 Å². The molecule has 0 radical (unpaired) electrons. The fourth-order valence-corrected chi connectivity index (χ4v) is 2.30. The number of halogens is 1. The lowest BCUT2D eigenvalue weighted by atomic mass is 10.1. The molecule has 2 heterocycles. The van der Waals surface area contributed by atoms with Gasteiger partial charge in [-0.05, 0) is 18.2 Å². The summed E-state index contributed by atoms with van der Waals surface area (Å²) in [6.07, 6.45) is 1.80. The second-order valence-electron chi connectivity index (χ2n) is 4.71. The summed E-state index contributed by atoms with van der Waals surface area (Å²) >= 11 is 0. The van der Waals surface area contributed by atoms with E-state index in [0.717, 1.165) is 6.07 Å². The standard InChI is InChI=1S/C14H12FN3O2/c15-9-4-8-2-1-3-16-13(8)11(5-9)14(20)18-10-6-12(19)17-7-10/h1-5,10H,6-7H2,(H,17,19)(H,18,20). The van der Waals surface area contributed by atoms with Gasteiger partial charge < -0.3 is 10.6 Å². The van der Waals surface area contributed by atoms with E-state index in [-0.39, 0.29) is 23.9 Å². The third kappa shape index (κ3) is 2.32. The molecule has 0 bridgehead atoms. The van der Waals surface area contributed by atoms with Crippen LogP contribution in [0.15, 0.2) is 30.5 Å². The molecule has 1 aliphatic heterocycles. The van der Waals surface area contributed by atoms with Gasteiger partial charge in [0.05, 0.1) is 17.1 Å². The Kier molecular flexibility index (Phi) is 3.06. The van der Waals surface area contributed by atoms with Gasteiger partial charge in [-0.2, -0.15) is 0 Å². The molecule has 2 aromatic rings. The van der Waals surface area contributed by atoms with E-state index in [4.69, 9.17) is 0 Å². The van der Waals surface area contributed by atoms with Gasteiger partial charge in [-0.25, -0.2) is 4.39 Å². The number of benzene rings is 1. The minimum Gasteiger partial charge on any atom is -0.354 e. The number of rotatable bonds is 2. The molecule has 0 aliphatic carbocycles. The molecule has 1 saturated heterocycles. The van der Waals surface area contributed by atoms with Crippen LogP contribution >= 0.6 is 0 Å². The fourth-order valence-electron chi connectivity index (χ4n) is 2.30. The molecule has 2 amide bonds. The van der Waals surface area contributed by atoms with Crippen molar-refractivity contribution in [2.45, 2.75) is 12.5 Å². The molecule has 2 N–H and O–H groups in total. The molecule has 1 aromatic heterocycles. The highest BCUT2D eigenvalue weighted by atomic mass is 19.1. The Hall–Kier alpha value is -2.50. The largest absolute Gasteiger partial charge is 0.354 e. The van der Waals surface area contributed by atoms with Crippen LogP contribution in [0.25, 0.3) is 10.9 Å². The topological polar surface area (TPSA) is 71.1 Å². The zero-order valence-electron chi connectivity index (χ0n) is 10.5. The molecule has 1 fully saturated rings. The molecule has 20 heavy (non-hydrogen) atoms. The van der Waals surface area contributed by atoms with Gasteiger partial charge in [0.2, 0.25) is 5.91 Å². The van der Waals surface area contributed by atoms with Crippen molar-refractivity contribution in [2.75, 3.05) is 6.54 Å². The number of fused-ring (bicyclic) bond motifs is 1. The third-order valence-corrected chi connectivity index (χ3v) is 3.23. The molecule has 0 spiro atoms. The zero-order valence-corrected chi connectivity index (χ0v) is 10.5. The first-order chi connectivity index (χ1) is 9.63. The van der Waals surface area contributed by atoms with Crippen molar-refractivity contribution in [1.29, 1.82) is 0 Å². The van der Waals surface area contributed by atoms with Crippen LogP contribution in [-0.2, 0) is 4.79 Å². The summed E-state index contributed by atoms with van der Waals surface area (Å²) in [4.78, 5) is 27.4. The highest BCUT2D eigenvalue weighted by molar-refractivity contribution is 6.05. The van der Waals surface area contributed by atoms with Crippen molar-refractivity contribution < 1.29 is 14.0 Å². The summed E-state index contributed by atoms with van der Waals surface area (Å²) in [6.45, 7) is 0.394. The zero-order chi connectivity index (χ0) is 14.1. The Morgan fingerprint density at radius 3 is 3.05 bits per heavy atom. The number of hydrogen-bond acceptors (Lipinski definition) is 3. The predicted octanol–water partition coefficient (Wildman–Crippen LogP) is 0.992. The maximum absolute atomic E-state index is 13.6. The number of hydrogen-bond donors (Lipinski definition) is 2. The van der Waals surface area contributed by atoms with Gasteiger partial charge in [-0.1, -0.05) is 6.07 Å². The first-order valence-electron chi connectivity index (χ1n) is 6.25. The summed E-state index contributed by atoms with van der Waals surface area (Å²) in [5.74, 6) is -1.01. The minimum absolute atomic E-state index is 0.0995. The summed E-state index contributed by atoms with van der Waals surface area (Å²) in [6, 6.07) is 5.61. The van der Waals surface area contributed by atoms with E-state index in [1.165, 1.54) is 6.07 Å². The molecule has 0 saturated carbocycles. The average Bonchev–Trinajstić information content (AvgIpc) is 2.83. The van der Waals surface area contributed by atoms with Gasteiger partial charge in [-0.15, -0.1) is 0 Å². The minimum atomic E-state index is -0.490. The number of amides is 2. The number of carbonyl (C=O) groups is 2. The lowest BCUT2D eigenvalue weighted by Gasteiger charge is -2.11. The second-order valence-corrected chi connectivity index (χ2v) is 4.71. The SMILES string of the molecule is O=C1CC(NC(=O)c2cc(F)cc3cccnc23)CN1. The molecule has 3 rings (SSSR count). The van der Waals surface area contributed by atoms with Crippen molar-refractivity contribution in [3.05, 3.63) is 41.8 Å². The molecule has 6 heteroatoms. The van der Waals surface area contributed by atoms with Crippen molar-refractivity contribution in [2.24, 2.45) is 0 Å². The van der Waals surface area contributed by atoms with Crippen LogP contribution in [0.5, 0.6) is 0 Å². The van der Waals surface area contributed by atoms with Crippen LogP contribution in [0.2, 0.25) is 0 Å². The van der Waals surface area contributed by atoms with E-state index in [1.807, 2.05) is 0 Å². The van der Waals surface area contributed by atoms with Gasteiger partial charge in [-0.3, -0.25) is 14.6 Å². The van der Waals surface area contributed by atoms with Crippen LogP contribution in [0.4, 0.5) is 4.39 Å². The van der Waals surface area contributed by atoms with Crippen molar-refractivity contribution >= 4 is 22.7 Å². The van der Waals surface area contributed by atoms with Gasteiger partial charge in [0.15, 0.2) is 0 Å². The fraction of sp³-hybridized carbons (Fsp3) is 0.214. The summed E-state index contributed by atoms with van der Waals surface area (Å²) in [7, 11) is 0. The lowest BCUT2D eigenvalue weighted by Crippen LogP contribution is -2.36. The van der Waals surface area contributed by atoms with E-state index in [2.05, 4.69) is 15.6 Å². The highest BCUT2D eigenvalue weighted by Crippen LogP contribution is 2.18. The molecule has 102 valence electrons. The third-order valence-electron chi connectivity index (χ3n) is 3.23. The van der Waals surface area contributed by atoms with Crippen LogP contribution in [0, 0.1) is 5.82 Å². The molecule has 1 unspecified atom stereocenters. The number of pyridine rings is 1. The van der Waals surface area contributed by atoms with Gasteiger partial charge in [0.25, 0.3) is 5.91 Å². The number of aromatic nitrogens is 1. The maximum Gasteiger partial charge on any atom is 0.253 e. The Morgan fingerprint density at radius 2 is 2.30 bits per heavy atom. The smallest absolute Gasteiger partial charge is 0.253 e. The molecule has 1 aromatic carbocycles. The maximum atomic E-state index is 13.6. The van der Waals surface area contributed by atoms with Gasteiger partial charge >= 0.3 is 0 Å². The Balaban J connectivity index is 1.93. The molecular weight excluding hydrogens is 261 g/mol. The van der Waals surface area contributed by atoms with E-state index >= 15 is 0 Å². The normalized spacial score (nSPS) is 18.1. The molecule has 5 nitrogen and oxygen atoms in total. The number of carbonyl (C=O) groups excluding carboxylic acids is 2. The van der Waals surface area contributed by atoms with E-state index in [9.17, 15) is 14.0 Å². The van der Waals surface area contributed by atoms with E-state index < -0.39 is 11.7 Å². The Bertz CT molecular complexity index is 702. The van der Waals surface area contributed by atoms with E-state index in [1.54, 1.807) is 18.3 Å². The van der Waals surface area contributed by atoms with Gasteiger partial charge in [0.1, 0.15) is 5.82 Å². The monoisotopic (exact) mass is 273 g/mol. The molecule has 1 atom stereocenters. The van der Waals surface area contributed by atoms with Gasteiger partial charge in [0, 0.05) is 24.5 Å². The Morgan fingerprint density at radius 1 is 1.45 bits per heavy atom. The first kappa shape index (κ1) is 12.5. The summed E-state index contributed by atoms with van der Waals surface area (Å²) < 4.78 is 13.6. The average molecular weight is 273 g/mol. The summed E-state index contributed by atoms with van der Waals surface area (Å²) in [5, 5.41) is 5.92. The number of nitrogens with zero attached hydrogens (tertiary/aromatic N) is 1. The highest BCUT2D eigenvalue weighted by Gasteiger charge is 2.24. The van der Waals surface area contributed by atoms with E-state index in [0.29, 0.717) is 17.4 Å². The molecular formula is C14H12FN3O2. The van der Waals surface area contributed by atoms with Crippen LogP contribution < -0.4 is 10.6 Å². The predicted molar refractivity (Wildman–Crippen MR) is 70.6 cm³/mol. The second kappa shape index (κ2) is 4.88. The Labute approximate surface area is 114 Å². The quantitative estimate of drug-likeness (QED) is 0.857. The lowest BCUT2D eigenvalue weighted by molar-refractivity contribution is -0.119. The van der Waals surface area contributed by atoms with Crippen molar-refractivity contribution in [3.63, 3.8) is 0 Å². The van der Waals surface area contributed by atoms with Crippen molar-refractivity contribution in [1.82, 2.24) is 15.6 Å². The molecule has 1 aliphatic rings. The number of nitrogens with one attached hydrogen (secondary N) is 2. The van der Waals surface area contributed by atoms with Crippen molar-refractivity contribution in [3.8, 4) is 0 Å². The van der Waals surface area contributed by atoms with Crippen LogP contribution in [-0.4, -0.2) is 29.4 Å². The first-order valence-corrected chi connectivity index (χ1v) is 6.25.